The lowest BCUT2D eigenvalue weighted by atomic mass is 9.87. The summed E-state index contributed by atoms with van der Waals surface area (Å²) >= 11 is 0. The lowest BCUT2D eigenvalue weighted by Gasteiger charge is -2.30. The molecule has 0 atom stereocenters. The van der Waals surface area contributed by atoms with Crippen LogP contribution in [-0.2, 0) is 12.6 Å². The Kier molecular flexibility index (Phi) is 4.25. The maximum Gasteiger partial charge on any atom is 0.416 e. The van der Waals surface area contributed by atoms with Crippen LogP contribution in [0.15, 0.2) is 18.2 Å². The molecule has 2 aliphatic rings. The monoisotopic (exact) mass is 327 g/mol. The molecule has 1 saturated carbocycles. The van der Waals surface area contributed by atoms with Gasteiger partial charge in [0.15, 0.2) is 0 Å². The van der Waals surface area contributed by atoms with Gasteiger partial charge in [0.1, 0.15) is 0 Å². The first-order valence-corrected chi connectivity index (χ1v) is 8.02. The number of piperidine rings is 1. The molecule has 1 N–H and O–H groups in total. The number of rotatable bonds is 3. The molecule has 0 spiro atoms. The number of carboxylic acid groups (broad SMARTS) is 1. The van der Waals surface area contributed by atoms with Crippen molar-refractivity contribution in [1.29, 1.82) is 0 Å². The second-order valence-electron chi connectivity index (χ2n) is 6.60. The van der Waals surface area contributed by atoms with Crippen molar-refractivity contribution in [2.75, 3.05) is 13.1 Å². The van der Waals surface area contributed by atoms with E-state index in [1.807, 2.05) is 0 Å². The number of alkyl halides is 3. The van der Waals surface area contributed by atoms with Crippen molar-refractivity contribution in [1.82, 2.24) is 4.90 Å². The van der Waals surface area contributed by atoms with Gasteiger partial charge in [0.05, 0.1) is 5.56 Å². The summed E-state index contributed by atoms with van der Waals surface area (Å²) in [7, 11) is 0. The molecule has 0 radical (unpaired) electrons. The molecule has 1 aliphatic carbocycles. The molecular formula is C17H20F3NO2. The topological polar surface area (TPSA) is 40.5 Å². The van der Waals surface area contributed by atoms with Crippen LogP contribution in [0.1, 0.15) is 48.3 Å². The molecule has 126 valence electrons. The summed E-state index contributed by atoms with van der Waals surface area (Å²) in [5, 5.41) is 8.97. The van der Waals surface area contributed by atoms with Gasteiger partial charge in [-0.25, -0.2) is 4.79 Å². The van der Waals surface area contributed by atoms with Gasteiger partial charge in [0.25, 0.3) is 0 Å². The highest BCUT2D eigenvalue weighted by atomic mass is 19.4. The summed E-state index contributed by atoms with van der Waals surface area (Å²) in [6, 6.07) is 4.12. The van der Waals surface area contributed by atoms with Gasteiger partial charge in [-0.15, -0.1) is 0 Å². The highest BCUT2D eigenvalue weighted by molar-refractivity contribution is 5.65. The molecule has 1 heterocycles. The van der Waals surface area contributed by atoms with Crippen molar-refractivity contribution in [3.05, 3.63) is 34.9 Å². The van der Waals surface area contributed by atoms with E-state index in [0.29, 0.717) is 19.0 Å². The van der Waals surface area contributed by atoms with E-state index in [2.05, 4.69) is 0 Å². The average molecular weight is 327 g/mol. The van der Waals surface area contributed by atoms with Gasteiger partial charge >= 0.3 is 12.3 Å². The third-order valence-electron chi connectivity index (χ3n) is 4.88. The summed E-state index contributed by atoms with van der Waals surface area (Å²) in [6.07, 6.45) is -0.963. The molecule has 3 rings (SSSR count). The molecule has 1 aromatic carbocycles. The lowest BCUT2D eigenvalue weighted by molar-refractivity contribution is -0.137. The zero-order valence-electron chi connectivity index (χ0n) is 12.8. The Balaban J connectivity index is 1.72. The predicted molar refractivity (Wildman–Crippen MR) is 79.4 cm³/mol. The quantitative estimate of drug-likeness (QED) is 0.887. The Morgan fingerprint density at radius 1 is 1.17 bits per heavy atom. The zero-order valence-corrected chi connectivity index (χ0v) is 12.8. The van der Waals surface area contributed by atoms with Crippen LogP contribution in [0.5, 0.6) is 0 Å². The summed E-state index contributed by atoms with van der Waals surface area (Å²) in [4.78, 5) is 12.3. The maximum absolute atomic E-state index is 12.9. The molecule has 23 heavy (non-hydrogen) atoms. The first-order valence-electron chi connectivity index (χ1n) is 8.02. The highest BCUT2D eigenvalue weighted by Crippen LogP contribution is 2.44. The van der Waals surface area contributed by atoms with Gasteiger partial charge in [-0.3, -0.25) is 0 Å². The van der Waals surface area contributed by atoms with Crippen LogP contribution in [-0.4, -0.2) is 29.2 Å². The molecule has 3 nitrogen and oxygen atoms in total. The minimum Gasteiger partial charge on any atom is -0.465 e. The number of nitrogens with zero attached hydrogens (tertiary/aromatic N) is 1. The van der Waals surface area contributed by atoms with E-state index < -0.39 is 17.8 Å². The standard InChI is InChI=1S/C17H20F3NO2/c18-17(19,20)14-4-3-13(15(10-14)12-1-2-12)9-11-5-7-21(8-6-11)16(22)23/h3-4,10-12H,1-2,5-9H2,(H,22,23). The predicted octanol–water partition coefficient (Wildman–Crippen LogP) is 4.52. The van der Waals surface area contributed by atoms with Crippen LogP contribution < -0.4 is 0 Å². The first-order chi connectivity index (χ1) is 10.8. The molecule has 2 fully saturated rings. The van der Waals surface area contributed by atoms with Gasteiger partial charge in [-0.2, -0.15) is 13.2 Å². The number of benzene rings is 1. The van der Waals surface area contributed by atoms with Crippen molar-refractivity contribution in [2.24, 2.45) is 5.92 Å². The molecular weight excluding hydrogens is 307 g/mol. The number of halogens is 3. The van der Waals surface area contributed by atoms with Gasteiger partial charge in [-0.05, 0) is 67.2 Å². The van der Waals surface area contributed by atoms with E-state index in [4.69, 9.17) is 5.11 Å². The van der Waals surface area contributed by atoms with E-state index in [9.17, 15) is 18.0 Å². The molecule has 1 amide bonds. The van der Waals surface area contributed by atoms with Gasteiger partial charge in [0.2, 0.25) is 0 Å². The second-order valence-corrected chi connectivity index (χ2v) is 6.60. The van der Waals surface area contributed by atoms with Crippen molar-refractivity contribution >= 4 is 6.09 Å². The lowest BCUT2D eigenvalue weighted by Crippen LogP contribution is -2.37. The van der Waals surface area contributed by atoms with Crippen LogP contribution in [0.3, 0.4) is 0 Å². The van der Waals surface area contributed by atoms with Crippen molar-refractivity contribution in [3.8, 4) is 0 Å². The van der Waals surface area contributed by atoms with E-state index in [0.717, 1.165) is 43.2 Å². The molecule has 1 aliphatic heterocycles. The number of likely N-dealkylation sites (tertiary alicyclic amines) is 1. The summed E-state index contributed by atoms with van der Waals surface area (Å²) in [5.74, 6) is 0.617. The van der Waals surface area contributed by atoms with Crippen LogP contribution in [0.2, 0.25) is 0 Å². The van der Waals surface area contributed by atoms with Gasteiger partial charge in [-0.1, -0.05) is 6.07 Å². The minimum absolute atomic E-state index is 0.270. The highest BCUT2D eigenvalue weighted by Gasteiger charge is 2.34. The third-order valence-corrected chi connectivity index (χ3v) is 4.88. The number of amides is 1. The summed E-state index contributed by atoms with van der Waals surface area (Å²) < 4.78 is 38.7. The molecule has 1 aromatic rings. The van der Waals surface area contributed by atoms with Crippen LogP contribution in [0, 0.1) is 5.92 Å². The van der Waals surface area contributed by atoms with Gasteiger partial charge in [0, 0.05) is 13.1 Å². The van der Waals surface area contributed by atoms with Crippen LogP contribution in [0.25, 0.3) is 0 Å². The van der Waals surface area contributed by atoms with E-state index in [1.165, 1.54) is 17.0 Å². The van der Waals surface area contributed by atoms with E-state index in [-0.39, 0.29) is 5.92 Å². The molecule has 0 unspecified atom stereocenters. The van der Waals surface area contributed by atoms with Gasteiger partial charge < -0.3 is 10.0 Å². The minimum atomic E-state index is -4.30. The van der Waals surface area contributed by atoms with Crippen LogP contribution in [0.4, 0.5) is 18.0 Å². The second kappa shape index (κ2) is 6.06. The summed E-state index contributed by atoms with van der Waals surface area (Å²) in [6.45, 7) is 1.03. The number of hydrogen-bond acceptors (Lipinski definition) is 1. The van der Waals surface area contributed by atoms with E-state index in [1.54, 1.807) is 6.07 Å². The Morgan fingerprint density at radius 3 is 2.35 bits per heavy atom. The van der Waals surface area contributed by atoms with E-state index >= 15 is 0 Å². The van der Waals surface area contributed by atoms with Crippen molar-refractivity contribution in [2.45, 2.75) is 44.2 Å². The molecule has 0 bridgehead atoms. The molecule has 6 heteroatoms. The zero-order chi connectivity index (χ0) is 16.6. The fraction of sp³-hybridized carbons (Fsp3) is 0.588. The molecule has 0 aromatic heterocycles. The average Bonchev–Trinajstić information content (AvgIpc) is 3.31. The number of hydrogen-bond donors (Lipinski definition) is 1. The molecule has 1 saturated heterocycles. The Labute approximate surface area is 133 Å². The SMILES string of the molecule is O=C(O)N1CCC(Cc2ccc(C(F)(F)F)cc2C2CC2)CC1. The fourth-order valence-corrected chi connectivity index (χ4v) is 3.37. The third kappa shape index (κ3) is 3.79. The Hall–Kier alpha value is -1.72. The smallest absolute Gasteiger partial charge is 0.416 e. The number of carbonyl (C=O) groups is 1. The maximum atomic E-state index is 12.9. The first kappa shape index (κ1) is 16.1. The van der Waals surface area contributed by atoms with Crippen LogP contribution >= 0.6 is 0 Å². The Morgan fingerprint density at radius 2 is 1.83 bits per heavy atom. The largest absolute Gasteiger partial charge is 0.465 e. The van der Waals surface area contributed by atoms with Crippen molar-refractivity contribution in [3.63, 3.8) is 0 Å². The normalized spacial score (nSPS) is 19.9. The summed E-state index contributed by atoms with van der Waals surface area (Å²) in [5.41, 5.74) is 1.29. The fourth-order valence-electron chi connectivity index (χ4n) is 3.37. The van der Waals surface area contributed by atoms with Crippen molar-refractivity contribution < 1.29 is 23.1 Å². The Bertz CT molecular complexity index is 588.